The third-order valence-corrected chi connectivity index (χ3v) is 4.34. The first-order valence-electron chi connectivity index (χ1n) is 6.91. The Bertz CT molecular complexity index is 710. The molecule has 0 radical (unpaired) electrons. The smallest absolute Gasteiger partial charge is 0.283 e. The number of para-hydroxylation sites is 1. The maximum Gasteiger partial charge on any atom is 0.283 e. The molecule has 1 fully saturated rings. The van der Waals surface area contributed by atoms with Crippen molar-refractivity contribution in [1.82, 2.24) is 9.78 Å². The van der Waals surface area contributed by atoms with Crippen LogP contribution < -0.4 is 10.9 Å². The lowest BCUT2D eigenvalue weighted by Gasteiger charge is -2.11. The Morgan fingerprint density at radius 2 is 2.14 bits per heavy atom. The zero-order valence-corrected chi connectivity index (χ0v) is 13.0. The minimum Gasteiger partial charge on any atom is -0.508 e. The van der Waals surface area contributed by atoms with E-state index >= 15 is 0 Å². The second-order valence-corrected chi connectivity index (χ2v) is 6.08. The Balaban J connectivity index is 1.75. The van der Waals surface area contributed by atoms with Crippen molar-refractivity contribution in [3.05, 3.63) is 50.9 Å². The van der Waals surface area contributed by atoms with Gasteiger partial charge in [-0.15, -0.1) is 0 Å². The van der Waals surface area contributed by atoms with E-state index in [2.05, 4.69) is 26.3 Å². The van der Waals surface area contributed by atoms with Crippen LogP contribution in [0.1, 0.15) is 18.4 Å². The number of anilines is 1. The van der Waals surface area contributed by atoms with Gasteiger partial charge in [0.05, 0.1) is 11.9 Å². The zero-order valence-electron chi connectivity index (χ0n) is 11.4. The summed E-state index contributed by atoms with van der Waals surface area (Å²) in [7, 11) is 0. The van der Waals surface area contributed by atoms with Crippen molar-refractivity contribution in [1.29, 1.82) is 0 Å². The summed E-state index contributed by atoms with van der Waals surface area (Å²) in [5.74, 6) is 0.832. The van der Waals surface area contributed by atoms with Gasteiger partial charge in [-0.25, -0.2) is 4.68 Å². The molecule has 1 aliphatic carbocycles. The van der Waals surface area contributed by atoms with Gasteiger partial charge >= 0.3 is 0 Å². The van der Waals surface area contributed by atoms with Gasteiger partial charge in [0.2, 0.25) is 0 Å². The van der Waals surface area contributed by atoms with Crippen molar-refractivity contribution in [2.75, 3.05) is 5.32 Å². The molecular formula is C15H16BrN3O2. The predicted octanol–water partition coefficient (Wildman–Crippen LogP) is 2.73. The van der Waals surface area contributed by atoms with Crippen LogP contribution in [0.3, 0.4) is 0 Å². The summed E-state index contributed by atoms with van der Waals surface area (Å²) >= 11 is 3.34. The summed E-state index contributed by atoms with van der Waals surface area (Å²) < 4.78 is 1.99. The number of rotatable bonds is 5. The van der Waals surface area contributed by atoms with Crippen molar-refractivity contribution >= 4 is 21.6 Å². The number of halogens is 1. The first kappa shape index (κ1) is 14.1. The van der Waals surface area contributed by atoms with Gasteiger partial charge in [-0.3, -0.25) is 4.79 Å². The van der Waals surface area contributed by atoms with Crippen molar-refractivity contribution in [2.45, 2.75) is 25.9 Å². The van der Waals surface area contributed by atoms with Crippen LogP contribution in [0.2, 0.25) is 0 Å². The van der Waals surface area contributed by atoms with Crippen molar-refractivity contribution in [2.24, 2.45) is 5.92 Å². The topological polar surface area (TPSA) is 67.2 Å². The highest BCUT2D eigenvalue weighted by Crippen LogP contribution is 2.30. The van der Waals surface area contributed by atoms with Crippen LogP contribution in [0.15, 0.2) is 39.7 Å². The Morgan fingerprint density at radius 1 is 1.38 bits per heavy atom. The number of nitrogens with zero attached hydrogens (tertiary/aromatic N) is 2. The van der Waals surface area contributed by atoms with Gasteiger partial charge < -0.3 is 10.4 Å². The molecule has 0 aliphatic heterocycles. The lowest BCUT2D eigenvalue weighted by Crippen LogP contribution is -2.25. The molecule has 2 aromatic rings. The number of phenolic OH excluding ortho intramolecular Hbond substituents is 1. The largest absolute Gasteiger partial charge is 0.508 e. The Morgan fingerprint density at radius 3 is 2.86 bits per heavy atom. The maximum atomic E-state index is 12.2. The fourth-order valence-electron chi connectivity index (χ4n) is 2.11. The van der Waals surface area contributed by atoms with Crippen molar-refractivity contribution < 1.29 is 5.11 Å². The normalized spacial score (nSPS) is 14.1. The van der Waals surface area contributed by atoms with E-state index < -0.39 is 0 Å². The average Bonchev–Trinajstić information content (AvgIpc) is 3.29. The number of aromatic hydroxyl groups is 1. The highest BCUT2D eigenvalue weighted by atomic mass is 79.9. The van der Waals surface area contributed by atoms with Crippen molar-refractivity contribution in [3.8, 4) is 5.75 Å². The van der Waals surface area contributed by atoms with Gasteiger partial charge in [-0.1, -0.05) is 18.2 Å². The Labute approximate surface area is 130 Å². The van der Waals surface area contributed by atoms with E-state index in [9.17, 15) is 9.90 Å². The summed E-state index contributed by atoms with van der Waals surface area (Å²) in [4.78, 5) is 12.2. The summed E-state index contributed by atoms with van der Waals surface area (Å²) in [6, 6.07) is 7.10. The molecule has 0 saturated heterocycles. The highest BCUT2D eigenvalue weighted by Gasteiger charge is 2.23. The van der Waals surface area contributed by atoms with E-state index in [4.69, 9.17) is 0 Å². The molecule has 0 amide bonds. The van der Waals surface area contributed by atoms with Gasteiger partial charge in [0.25, 0.3) is 5.56 Å². The lowest BCUT2D eigenvalue weighted by atomic mass is 10.2. The molecule has 3 rings (SSSR count). The van der Waals surface area contributed by atoms with E-state index in [1.165, 1.54) is 17.5 Å². The quantitative estimate of drug-likeness (QED) is 0.870. The number of aromatic nitrogens is 2. The van der Waals surface area contributed by atoms with Gasteiger partial charge in [0, 0.05) is 18.7 Å². The monoisotopic (exact) mass is 349 g/mol. The molecule has 21 heavy (non-hydrogen) atoms. The van der Waals surface area contributed by atoms with Crippen LogP contribution in [0.25, 0.3) is 0 Å². The molecule has 1 aromatic heterocycles. The molecule has 0 unspecified atom stereocenters. The number of hydrogen-bond acceptors (Lipinski definition) is 4. The second kappa shape index (κ2) is 5.89. The molecule has 2 N–H and O–H groups in total. The molecule has 110 valence electrons. The summed E-state index contributed by atoms with van der Waals surface area (Å²) in [5.41, 5.74) is 1.28. The zero-order chi connectivity index (χ0) is 14.8. The molecule has 1 aromatic carbocycles. The SMILES string of the molecule is O=c1c(Br)c(NCc2ccccc2O)cnn1CC1CC1. The van der Waals surface area contributed by atoms with E-state index in [1.54, 1.807) is 18.3 Å². The third-order valence-electron chi connectivity index (χ3n) is 3.57. The fraction of sp³-hybridized carbons (Fsp3) is 0.333. The van der Waals surface area contributed by atoms with E-state index in [-0.39, 0.29) is 11.3 Å². The van der Waals surface area contributed by atoms with Gasteiger partial charge in [-0.05, 0) is 40.8 Å². The van der Waals surface area contributed by atoms with Gasteiger partial charge in [-0.2, -0.15) is 5.10 Å². The average molecular weight is 350 g/mol. The van der Waals surface area contributed by atoms with E-state index in [1.807, 2.05) is 12.1 Å². The minimum absolute atomic E-state index is 0.121. The number of benzene rings is 1. The van der Waals surface area contributed by atoms with Gasteiger partial charge in [0.1, 0.15) is 10.2 Å². The Hall–Kier alpha value is -1.82. The first-order chi connectivity index (χ1) is 10.1. The summed E-state index contributed by atoms with van der Waals surface area (Å²) in [6.45, 7) is 1.12. The molecule has 0 bridgehead atoms. The minimum atomic E-state index is -0.121. The third kappa shape index (κ3) is 3.26. The number of hydrogen-bond donors (Lipinski definition) is 2. The number of phenols is 1. The molecule has 0 atom stereocenters. The van der Waals surface area contributed by atoms with Crippen LogP contribution in [-0.2, 0) is 13.1 Å². The van der Waals surface area contributed by atoms with Crippen LogP contribution in [-0.4, -0.2) is 14.9 Å². The molecule has 5 nitrogen and oxygen atoms in total. The summed E-state index contributed by atoms with van der Waals surface area (Å²) in [5, 5.41) is 17.1. The molecule has 0 spiro atoms. The number of nitrogens with one attached hydrogen (secondary N) is 1. The van der Waals surface area contributed by atoms with Crippen LogP contribution >= 0.6 is 15.9 Å². The highest BCUT2D eigenvalue weighted by molar-refractivity contribution is 9.10. The van der Waals surface area contributed by atoms with Crippen molar-refractivity contribution in [3.63, 3.8) is 0 Å². The standard InChI is InChI=1S/C15H16BrN3O2/c16-14-12(17-7-11-3-1-2-4-13(11)20)8-18-19(15(14)21)9-10-5-6-10/h1-4,8,10,17,20H,5-7,9H2. The van der Waals surface area contributed by atoms with Crippen LogP contribution in [0, 0.1) is 5.92 Å². The maximum absolute atomic E-state index is 12.2. The van der Waals surface area contributed by atoms with Gasteiger partial charge in [0.15, 0.2) is 0 Å². The first-order valence-corrected chi connectivity index (χ1v) is 7.71. The molecule has 6 heteroatoms. The van der Waals surface area contributed by atoms with E-state index in [0.29, 0.717) is 29.2 Å². The van der Waals surface area contributed by atoms with Crippen LogP contribution in [0.5, 0.6) is 5.75 Å². The fourth-order valence-corrected chi connectivity index (χ4v) is 2.56. The molecular weight excluding hydrogens is 334 g/mol. The molecule has 1 heterocycles. The molecule has 1 aliphatic rings. The van der Waals surface area contributed by atoms with E-state index in [0.717, 1.165) is 5.56 Å². The second-order valence-electron chi connectivity index (χ2n) is 5.29. The summed E-state index contributed by atoms with van der Waals surface area (Å²) in [6.07, 6.45) is 4.01. The predicted molar refractivity (Wildman–Crippen MR) is 84.4 cm³/mol. The Kier molecular flexibility index (Phi) is 3.96. The lowest BCUT2D eigenvalue weighted by molar-refractivity contribution is 0.469. The van der Waals surface area contributed by atoms with Crippen LogP contribution in [0.4, 0.5) is 5.69 Å². The molecule has 1 saturated carbocycles.